The van der Waals surface area contributed by atoms with Crippen molar-refractivity contribution in [1.82, 2.24) is 5.32 Å². The Kier molecular flexibility index (Phi) is 4.77. The number of aliphatic hydroxyl groups is 1. The van der Waals surface area contributed by atoms with Gasteiger partial charge < -0.3 is 15.2 Å². The van der Waals surface area contributed by atoms with Gasteiger partial charge in [0.25, 0.3) is 0 Å². The molecule has 1 unspecified atom stereocenters. The van der Waals surface area contributed by atoms with Gasteiger partial charge in [0.2, 0.25) is 0 Å². The minimum Gasteiger partial charge on any atom is -0.494 e. The quantitative estimate of drug-likeness (QED) is 0.838. The molecule has 19 heavy (non-hydrogen) atoms. The highest BCUT2D eigenvalue weighted by molar-refractivity contribution is 5.87. The third-order valence-corrected chi connectivity index (χ3v) is 3.04. The van der Waals surface area contributed by atoms with Crippen molar-refractivity contribution in [3.8, 4) is 5.75 Å². The molecule has 0 spiro atoms. The third kappa shape index (κ3) is 3.46. The minimum atomic E-state index is -0.342. The first-order valence-corrected chi connectivity index (χ1v) is 6.74. The molecule has 0 saturated carbocycles. The van der Waals surface area contributed by atoms with E-state index in [-0.39, 0.29) is 6.10 Å². The lowest BCUT2D eigenvalue weighted by Crippen LogP contribution is -2.24. The van der Waals surface area contributed by atoms with E-state index in [1.165, 1.54) is 10.8 Å². The lowest BCUT2D eigenvalue weighted by molar-refractivity contribution is 0.191. The van der Waals surface area contributed by atoms with E-state index < -0.39 is 0 Å². The summed E-state index contributed by atoms with van der Waals surface area (Å²) < 4.78 is 5.70. The maximum absolute atomic E-state index is 9.32. The molecule has 102 valence electrons. The highest BCUT2D eigenvalue weighted by atomic mass is 16.5. The number of nitrogens with one attached hydrogen (secondary N) is 1. The molecule has 2 aromatic carbocycles. The molecule has 0 aliphatic carbocycles. The van der Waals surface area contributed by atoms with E-state index >= 15 is 0 Å². The number of fused-ring (bicyclic) bond motifs is 1. The SMILES string of the molecule is CCOc1ccc2ccccc2c1CNCC(C)O. The Bertz CT molecular complexity index is 537. The van der Waals surface area contributed by atoms with E-state index in [0.717, 1.165) is 11.3 Å². The van der Waals surface area contributed by atoms with Gasteiger partial charge in [-0.1, -0.05) is 30.3 Å². The van der Waals surface area contributed by atoms with Gasteiger partial charge in [-0.3, -0.25) is 0 Å². The minimum absolute atomic E-state index is 0.342. The predicted molar refractivity (Wildman–Crippen MR) is 78.5 cm³/mol. The van der Waals surface area contributed by atoms with Crippen LogP contribution in [0.25, 0.3) is 10.8 Å². The van der Waals surface area contributed by atoms with E-state index in [9.17, 15) is 5.11 Å². The van der Waals surface area contributed by atoms with Crippen molar-refractivity contribution in [3.63, 3.8) is 0 Å². The second kappa shape index (κ2) is 6.55. The molecular formula is C16H21NO2. The molecule has 0 radical (unpaired) electrons. The van der Waals surface area contributed by atoms with Gasteiger partial charge in [0.05, 0.1) is 12.7 Å². The number of benzene rings is 2. The van der Waals surface area contributed by atoms with Crippen molar-refractivity contribution in [1.29, 1.82) is 0 Å². The Morgan fingerprint density at radius 1 is 1.21 bits per heavy atom. The zero-order valence-electron chi connectivity index (χ0n) is 11.5. The number of ether oxygens (including phenoxy) is 1. The molecule has 2 aromatic rings. The topological polar surface area (TPSA) is 41.5 Å². The second-order valence-electron chi connectivity index (χ2n) is 4.68. The molecule has 2 N–H and O–H groups in total. The van der Waals surface area contributed by atoms with Crippen molar-refractivity contribution >= 4 is 10.8 Å². The molecule has 1 atom stereocenters. The van der Waals surface area contributed by atoms with Crippen LogP contribution >= 0.6 is 0 Å². The molecule has 2 rings (SSSR count). The van der Waals surface area contributed by atoms with Gasteiger partial charge >= 0.3 is 0 Å². The molecule has 0 heterocycles. The van der Waals surface area contributed by atoms with Crippen LogP contribution in [-0.4, -0.2) is 24.4 Å². The first kappa shape index (κ1) is 13.8. The van der Waals surface area contributed by atoms with E-state index in [4.69, 9.17) is 4.74 Å². The smallest absolute Gasteiger partial charge is 0.124 e. The van der Waals surface area contributed by atoms with Crippen molar-refractivity contribution in [2.75, 3.05) is 13.2 Å². The Morgan fingerprint density at radius 3 is 2.74 bits per heavy atom. The zero-order valence-corrected chi connectivity index (χ0v) is 11.5. The number of hydrogen-bond donors (Lipinski definition) is 2. The highest BCUT2D eigenvalue weighted by Crippen LogP contribution is 2.28. The fraction of sp³-hybridized carbons (Fsp3) is 0.375. The van der Waals surface area contributed by atoms with Crippen LogP contribution in [0.3, 0.4) is 0 Å². The van der Waals surface area contributed by atoms with Gasteiger partial charge in [0.15, 0.2) is 0 Å². The fourth-order valence-electron chi connectivity index (χ4n) is 2.20. The van der Waals surface area contributed by atoms with Crippen LogP contribution in [0.5, 0.6) is 5.75 Å². The van der Waals surface area contributed by atoms with E-state index in [2.05, 4.69) is 23.5 Å². The van der Waals surface area contributed by atoms with E-state index in [0.29, 0.717) is 19.7 Å². The first-order valence-electron chi connectivity index (χ1n) is 6.74. The van der Waals surface area contributed by atoms with Crippen LogP contribution in [0.15, 0.2) is 36.4 Å². The van der Waals surface area contributed by atoms with Gasteiger partial charge in [-0.25, -0.2) is 0 Å². The van der Waals surface area contributed by atoms with Crippen molar-refractivity contribution in [2.24, 2.45) is 0 Å². The average molecular weight is 259 g/mol. The lowest BCUT2D eigenvalue weighted by atomic mass is 10.0. The summed E-state index contributed by atoms with van der Waals surface area (Å²) in [6.45, 7) is 5.69. The summed E-state index contributed by atoms with van der Waals surface area (Å²) >= 11 is 0. The van der Waals surface area contributed by atoms with Gasteiger partial charge in [0, 0.05) is 18.7 Å². The Morgan fingerprint density at radius 2 is 2.00 bits per heavy atom. The van der Waals surface area contributed by atoms with Crippen LogP contribution in [-0.2, 0) is 6.54 Å². The van der Waals surface area contributed by atoms with Crippen molar-refractivity contribution < 1.29 is 9.84 Å². The summed E-state index contributed by atoms with van der Waals surface area (Å²) in [6.07, 6.45) is -0.342. The first-order chi connectivity index (χ1) is 9.22. The van der Waals surface area contributed by atoms with Crippen LogP contribution < -0.4 is 10.1 Å². The molecule has 3 nitrogen and oxygen atoms in total. The number of hydrogen-bond acceptors (Lipinski definition) is 3. The normalized spacial score (nSPS) is 12.6. The summed E-state index contributed by atoms with van der Waals surface area (Å²) in [4.78, 5) is 0. The maximum atomic E-state index is 9.32. The molecule has 0 amide bonds. The molecule has 0 saturated heterocycles. The summed E-state index contributed by atoms with van der Waals surface area (Å²) in [7, 11) is 0. The Hall–Kier alpha value is -1.58. The lowest BCUT2D eigenvalue weighted by Gasteiger charge is -2.14. The second-order valence-corrected chi connectivity index (χ2v) is 4.68. The fourth-order valence-corrected chi connectivity index (χ4v) is 2.20. The number of aliphatic hydroxyl groups excluding tert-OH is 1. The van der Waals surface area contributed by atoms with Crippen molar-refractivity contribution in [3.05, 3.63) is 42.0 Å². The molecular weight excluding hydrogens is 238 g/mol. The third-order valence-electron chi connectivity index (χ3n) is 3.04. The average Bonchev–Trinajstić information content (AvgIpc) is 2.40. The summed E-state index contributed by atoms with van der Waals surface area (Å²) in [5, 5.41) is 15.0. The molecule has 0 aliphatic rings. The van der Waals surface area contributed by atoms with Gasteiger partial charge in [0.1, 0.15) is 5.75 Å². The monoisotopic (exact) mass is 259 g/mol. The van der Waals surface area contributed by atoms with Gasteiger partial charge in [-0.2, -0.15) is 0 Å². The van der Waals surface area contributed by atoms with E-state index in [1.54, 1.807) is 6.92 Å². The van der Waals surface area contributed by atoms with Gasteiger partial charge in [-0.05, 0) is 30.7 Å². The molecule has 0 aliphatic heterocycles. The molecule has 0 aromatic heterocycles. The van der Waals surface area contributed by atoms with Gasteiger partial charge in [-0.15, -0.1) is 0 Å². The predicted octanol–water partition coefficient (Wildman–Crippen LogP) is 2.71. The maximum Gasteiger partial charge on any atom is 0.124 e. The summed E-state index contributed by atoms with van der Waals surface area (Å²) in [5.74, 6) is 0.916. The Balaban J connectivity index is 2.32. The number of rotatable bonds is 6. The van der Waals surface area contributed by atoms with Crippen LogP contribution in [0, 0.1) is 0 Å². The van der Waals surface area contributed by atoms with Crippen molar-refractivity contribution in [2.45, 2.75) is 26.5 Å². The highest BCUT2D eigenvalue weighted by Gasteiger charge is 2.08. The van der Waals surface area contributed by atoms with Crippen LogP contribution in [0.4, 0.5) is 0 Å². The molecule has 0 fully saturated rings. The van der Waals surface area contributed by atoms with Crippen LogP contribution in [0.1, 0.15) is 19.4 Å². The van der Waals surface area contributed by atoms with E-state index in [1.807, 2.05) is 25.1 Å². The standard InChI is InChI=1S/C16H21NO2/c1-3-19-16-9-8-13-6-4-5-7-14(13)15(16)11-17-10-12(2)18/h4-9,12,17-18H,3,10-11H2,1-2H3. The molecule has 0 bridgehead atoms. The largest absolute Gasteiger partial charge is 0.494 e. The van der Waals surface area contributed by atoms with Crippen LogP contribution in [0.2, 0.25) is 0 Å². The Labute approximate surface area is 114 Å². The zero-order chi connectivity index (χ0) is 13.7. The summed E-state index contributed by atoms with van der Waals surface area (Å²) in [6, 6.07) is 12.4. The molecule has 3 heteroatoms. The summed E-state index contributed by atoms with van der Waals surface area (Å²) in [5.41, 5.74) is 1.15.